The molecule has 0 unspecified atom stereocenters. The molecule has 0 aliphatic heterocycles. The van der Waals surface area contributed by atoms with Gasteiger partial charge in [0.1, 0.15) is 17.2 Å². The van der Waals surface area contributed by atoms with Gasteiger partial charge in [0.2, 0.25) is 0 Å². The van der Waals surface area contributed by atoms with Crippen LogP contribution < -0.4 is 25.2 Å². The van der Waals surface area contributed by atoms with Crippen LogP contribution in [-0.2, 0) is 11.8 Å². The van der Waals surface area contributed by atoms with Gasteiger partial charge in [0.05, 0.1) is 26.3 Å². The standard InChI is InChI=1S/C25H27N3O7/c1-15-14-27(2)24(32)22(23(15)31)28(25(33)26-11-10-21(29)30)17-8-9-20(35-4)19(13-17)16-6-5-7-18(12-16)34-3/h5-9,12-14,31H,10-11H2,1-4H3,(H,26,33)(H,29,30). The maximum Gasteiger partial charge on any atom is 0.326 e. The van der Waals surface area contributed by atoms with Crippen molar-refractivity contribution in [2.24, 2.45) is 7.05 Å². The van der Waals surface area contributed by atoms with Crippen LogP contribution in [0.1, 0.15) is 12.0 Å². The number of hydrogen-bond acceptors (Lipinski definition) is 6. The molecule has 0 saturated carbocycles. The Morgan fingerprint density at radius 1 is 1.11 bits per heavy atom. The van der Waals surface area contributed by atoms with Crippen molar-refractivity contribution in [2.45, 2.75) is 13.3 Å². The molecule has 0 atom stereocenters. The largest absolute Gasteiger partial charge is 0.505 e. The summed E-state index contributed by atoms with van der Waals surface area (Å²) in [5.74, 6) is -0.325. The first-order chi connectivity index (χ1) is 16.7. The second-order valence-electron chi connectivity index (χ2n) is 7.75. The molecule has 0 saturated heterocycles. The predicted octanol–water partition coefficient (Wildman–Crippen LogP) is 3.41. The number of anilines is 2. The molecule has 0 bridgehead atoms. The molecule has 0 spiro atoms. The van der Waals surface area contributed by atoms with Gasteiger partial charge in [-0.3, -0.25) is 14.5 Å². The average molecular weight is 482 g/mol. The van der Waals surface area contributed by atoms with Gasteiger partial charge in [-0.25, -0.2) is 4.79 Å². The number of benzene rings is 2. The molecule has 35 heavy (non-hydrogen) atoms. The summed E-state index contributed by atoms with van der Waals surface area (Å²) >= 11 is 0. The highest BCUT2D eigenvalue weighted by atomic mass is 16.5. The third-order valence-corrected chi connectivity index (χ3v) is 5.37. The van der Waals surface area contributed by atoms with Gasteiger partial charge in [-0.05, 0) is 42.8 Å². The summed E-state index contributed by atoms with van der Waals surface area (Å²) in [6, 6.07) is 11.3. The lowest BCUT2D eigenvalue weighted by Crippen LogP contribution is -2.41. The molecule has 0 fully saturated rings. The van der Waals surface area contributed by atoms with Gasteiger partial charge in [-0.15, -0.1) is 0 Å². The topological polar surface area (TPSA) is 130 Å². The molecule has 2 amide bonds. The quantitative estimate of drug-likeness (QED) is 0.449. The Labute approximate surface area is 202 Å². The van der Waals surface area contributed by atoms with E-state index in [0.717, 1.165) is 10.5 Å². The van der Waals surface area contributed by atoms with Gasteiger partial charge in [0, 0.05) is 30.9 Å². The highest BCUT2D eigenvalue weighted by molar-refractivity contribution is 6.01. The first-order valence-corrected chi connectivity index (χ1v) is 10.7. The lowest BCUT2D eigenvalue weighted by Gasteiger charge is -2.25. The zero-order valence-electron chi connectivity index (χ0n) is 19.9. The van der Waals surface area contributed by atoms with E-state index in [9.17, 15) is 19.5 Å². The summed E-state index contributed by atoms with van der Waals surface area (Å²) in [5.41, 5.74) is 1.11. The number of aryl methyl sites for hydroxylation is 2. The fraction of sp³-hybridized carbons (Fsp3) is 0.240. The van der Waals surface area contributed by atoms with Crippen LogP contribution in [0.5, 0.6) is 17.2 Å². The zero-order chi connectivity index (χ0) is 25.7. The Bertz CT molecular complexity index is 1320. The maximum absolute atomic E-state index is 13.3. The third kappa shape index (κ3) is 5.37. The van der Waals surface area contributed by atoms with Crippen molar-refractivity contribution in [3.05, 3.63) is 64.6 Å². The van der Waals surface area contributed by atoms with Crippen molar-refractivity contribution in [2.75, 3.05) is 25.7 Å². The number of nitrogens with zero attached hydrogens (tertiary/aromatic N) is 2. The van der Waals surface area contributed by atoms with E-state index in [-0.39, 0.29) is 30.1 Å². The highest BCUT2D eigenvalue weighted by Crippen LogP contribution is 2.39. The summed E-state index contributed by atoms with van der Waals surface area (Å²) in [6.07, 6.45) is 1.15. The van der Waals surface area contributed by atoms with Crippen LogP contribution in [0.2, 0.25) is 0 Å². The summed E-state index contributed by atoms with van der Waals surface area (Å²) in [6.45, 7) is 1.44. The van der Waals surface area contributed by atoms with Gasteiger partial charge >= 0.3 is 12.0 Å². The minimum Gasteiger partial charge on any atom is -0.505 e. The second-order valence-corrected chi connectivity index (χ2v) is 7.75. The Kier molecular flexibility index (Phi) is 7.65. The number of carboxylic acids is 1. The summed E-state index contributed by atoms with van der Waals surface area (Å²) in [7, 11) is 4.57. The number of methoxy groups -OCH3 is 2. The summed E-state index contributed by atoms with van der Waals surface area (Å²) in [5, 5.41) is 22.2. The normalized spacial score (nSPS) is 10.5. The Morgan fingerprint density at radius 3 is 2.51 bits per heavy atom. The molecule has 1 heterocycles. The lowest BCUT2D eigenvalue weighted by molar-refractivity contribution is -0.136. The Morgan fingerprint density at radius 2 is 1.86 bits per heavy atom. The minimum absolute atomic E-state index is 0.170. The Hall–Kier alpha value is -4.47. The van der Waals surface area contributed by atoms with E-state index in [4.69, 9.17) is 14.6 Å². The summed E-state index contributed by atoms with van der Waals surface area (Å²) < 4.78 is 12.1. The molecule has 3 aromatic rings. The molecule has 10 nitrogen and oxygen atoms in total. The van der Waals surface area contributed by atoms with Crippen LogP contribution >= 0.6 is 0 Å². The van der Waals surface area contributed by atoms with E-state index in [0.29, 0.717) is 22.6 Å². The van der Waals surface area contributed by atoms with Crippen molar-refractivity contribution < 1.29 is 29.3 Å². The van der Waals surface area contributed by atoms with E-state index < -0.39 is 17.6 Å². The number of carbonyl (C=O) groups excluding carboxylic acids is 1. The van der Waals surface area contributed by atoms with Gasteiger partial charge in [0.15, 0.2) is 5.69 Å². The first-order valence-electron chi connectivity index (χ1n) is 10.7. The van der Waals surface area contributed by atoms with Crippen molar-refractivity contribution in [1.82, 2.24) is 9.88 Å². The van der Waals surface area contributed by atoms with Crippen LogP contribution in [0, 0.1) is 6.92 Å². The molecule has 10 heteroatoms. The number of aromatic nitrogens is 1. The predicted molar refractivity (Wildman–Crippen MR) is 131 cm³/mol. The molecule has 1 aromatic heterocycles. The van der Waals surface area contributed by atoms with Gasteiger partial charge < -0.3 is 29.6 Å². The van der Waals surface area contributed by atoms with Crippen molar-refractivity contribution in [1.29, 1.82) is 0 Å². The number of pyridine rings is 1. The van der Waals surface area contributed by atoms with Crippen LogP contribution in [0.4, 0.5) is 16.2 Å². The van der Waals surface area contributed by atoms with Crippen LogP contribution in [0.3, 0.4) is 0 Å². The van der Waals surface area contributed by atoms with Crippen LogP contribution in [0.15, 0.2) is 53.5 Å². The number of carboxylic acid groups (broad SMARTS) is 1. The molecule has 0 aliphatic rings. The van der Waals surface area contributed by atoms with Crippen molar-refractivity contribution in [3.8, 4) is 28.4 Å². The second kappa shape index (κ2) is 10.6. The van der Waals surface area contributed by atoms with Crippen LogP contribution in [-0.4, -0.2) is 47.5 Å². The van der Waals surface area contributed by atoms with Gasteiger partial charge in [0.25, 0.3) is 5.56 Å². The number of aromatic hydroxyl groups is 1. The number of hydrogen-bond donors (Lipinski definition) is 3. The number of carbonyl (C=O) groups is 2. The smallest absolute Gasteiger partial charge is 0.326 e. The van der Waals surface area contributed by atoms with E-state index in [1.165, 1.54) is 24.9 Å². The number of rotatable bonds is 8. The fourth-order valence-corrected chi connectivity index (χ4v) is 3.62. The van der Waals surface area contributed by atoms with E-state index in [2.05, 4.69) is 5.32 Å². The number of amides is 2. The SMILES string of the molecule is COc1cccc(-c2cc(N(C(=O)NCCC(=O)O)c3c(O)c(C)cn(C)c3=O)ccc2OC)c1. The fourth-order valence-electron chi connectivity index (χ4n) is 3.62. The van der Waals surface area contributed by atoms with E-state index in [1.54, 1.807) is 50.4 Å². The van der Waals surface area contributed by atoms with Crippen molar-refractivity contribution in [3.63, 3.8) is 0 Å². The van der Waals surface area contributed by atoms with Gasteiger partial charge in [-0.2, -0.15) is 0 Å². The lowest BCUT2D eigenvalue weighted by atomic mass is 10.0. The third-order valence-electron chi connectivity index (χ3n) is 5.37. The number of ether oxygens (including phenoxy) is 2. The minimum atomic E-state index is -1.09. The average Bonchev–Trinajstić information content (AvgIpc) is 2.84. The van der Waals surface area contributed by atoms with E-state index >= 15 is 0 Å². The molecule has 3 rings (SSSR count). The zero-order valence-corrected chi connectivity index (χ0v) is 19.9. The van der Waals surface area contributed by atoms with Crippen molar-refractivity contribution >= 4 is 23.4 Å². The number of nitrogens with one attached hydrogen (secondary N) is 1. The first kappa shape index (κ1) is 25.2. The maximum atomic E-state index is 13.3. The Balaban J connectivity index is 2.22. The number of aliphatic carboxylic acids is 1. The molecular formula is C25H27N3O7. The summed E-state index contributed by atoms with van der Waals surface area (Å²) in [4.78, 5) is 38.3. The molecular weight excluding hydrogens is 454 g/mol. The molecule has 0 radical (unpaired) electrons. The molecule has 3 N–H and O–H groups in total. The number of urea groups is 1. The molecule has 184 valence electrons. The van der Waals surface area contributed by atoms with E-state index in [1.807, 2.05) is 6.07 Å². The molecule has 2 aromatic carbocycles. The molecule has 0 aliphatic carbocycles. The monoisotopic (exact) mass is 481 g/mol. The highest BCUT2D eigenvalue weighted by Gasteiger charge is 2.27. The van der Waals surface area contributed by atoms with Crippen LogP contribution in [0.25, 0.3) is 11.1 Å². The van der Waals surface area contributed by atoms with Gasteiger partial charge in [-0.1, -0.05) is 12.1 Å².